The average Bonchev–Trinajstić information content (AvgIpc) is 2.91. The van der Waals surface area contributed by atoms with Gasteiger partial charge < -0.3 is 21.1 Å². The standard InChI is InChI=1S/C18H23N5O2/c1-16-4-10-5-17(7-16,9-18(25,6-10)8-16)21-12-11-2-3-20-15(11)23-22-13(12)14(19)24/h2-3,10,25H,4-9H2,1H3,(H2,19,24)(H2,20,21,23)/t10-,16+,17+,18?/m1/s1. The topological polar surface area (TPSA) is 117 Å². The molecule has 4 saturated carbocycles. The van der Waals surface area contributed by atoms with Gasteiger partial charge in [0.15, 0.2) is 11.3 Å². The van der Waals surface area contributed by atoms with E-state index < -0.39 is 11.5 Å². The van der Waals surface area contributed by atoms with E-state index in [1.807, 2.05) is 6.07 Å². The summed E-state index contributed by atoms with van der Waals surface area (Å²) < 4.78 is 0. The summed E-state index contributed by atoms with van der Waals surface area (Å²) in [4.78, 5) is 15.0. The molecule has 4 aliphatic carbocycles. The van der Waals surface area contributed by atoms with E-state index in [1.54, 1.807) is 6.20 Å². The van der Waals surface area contributed by atoms with E-state index in [4.69, 9.17) is 5.73 Å². The Labute approximate surface area is 145 Å². The Balaban J connectivity index is 1.62. The van der Waals surface area contributed by atoms with Crippen LogP contribution in [0.2, 0.25) is 0 Å². The maximum Gasteiger partial charge on any atom is 0.271 e. The molecule has 0 spiro atoms. The van der Waals surface area contributed by atoms with Crippen molar-refractivity contribution in [3.63, 3.8) is 0 Å². The fraction of sp³-hybridized carbons (Fsp3) is 0.611. The molecule has 0 saturated heterocycles. The van der Waals surface area contributed by atoms with Crippen molar-refractivity contribution in [2.24, 2.45) is 17.1 Å². The van der Waals surface area contributed by atoms with Crippen LogP contribution in [0, 0.1) is 11.3 Å². The third kappa shape index (κ3) is 2.18. The van der Waals surface area contributed by atoms with Crippen LogP contribution in [0.1, 0.15) is 55.9 Å². The van der Waals surface area contributed by atoms with Crippen molar-refractivity contribution in [2.75, 3.05) is 5.32 Å². The Hall–Kier alpha value is -2.15. The van der Waals surface area contributed by atoms with Gasteiger partial charge in [-0.25, -0.2) is 0 Å². The zero-order valence-electron chi connectivity index (χ0n) is 14.3. The molecule has 4 fully saturated rings. The Kier molecular flexibility index (Phi) is 2.73. The van der Waals surface area contributed by atoms with Crippen LogP contribution in [0.4, 0.5) is 5.69 Å². The minimum Gasteiger partial charge on any atom is -0.390 e. The molecular weight excluding hydrogens is 318 g/mol. The van der Waals surface area contributed by atoms with E-state index in [0.717, 1.165) is 31.1 Å². The zero-order valence-corrected chi connectivity index (χ0v) is 14.3. The molecule has 0 aromatic carbocycles. The predicted octanol–water partition coefficient (Wildman–Crippen LogP) is 1.94. The summed E-state index contributed by atoms with van der Waals surface area (Å²) in [6, 6.07) is 1.88. The minimum atomic E-state index is -0.605. The Morgan fingerprint density at radius 1 is 1.32 bits per heavy atom. The fourth-order valence-electron chi connectivity index (χ4n) is 6.49. The van der Waals surface area contributed by atoms with Gasteiger partial charge in [-0.1, -0.05) is 6.92 Å². The first-order valence-corrected chi connectivity index (χ1v) is 8.93. The number of fused-ring (bicyclic) bond motifs is 1. The second-order valence-electron chi connectivity index (χ2n) is 8.98. The molecule has 4 bridgehead atoms. The summed E-state index contributed by atoms with van der Waals surface area (Å²) in [6.07, 6.45) is 7.43. The number of aliphatic hydroxyl groups is 1. The second kappa shape index (κ2) is 4.52. The van der Waals surface area contributed by atoms with Gasteiger partial charge in [-0.15, -0.1) is 10.2 Å². The van der Waals surface area contributed by atoms with Crippen LogP contribution in [0.3, 0.4) is 0 Å². The molecule has 2 aromatic heterocycles. The van der Waals surface area contributed by atoms with Gasteiger partial charge in [0, 0.05) is 17.1 Å². The van der Waals surface area contributed by atoms with E-state index in [1.165, 1.54) is 6.42 Å². The van der Waals surface area contributed by atoms with E-state index >= 15 is 0 Å². The highest BCUT2D eigenvalue weighted by Gasteiger charge is 2.61. The summed E-state index contributed by atoms with van der Waals surface area (Å²) in [6.45, 7) is 2.28. The molecule has 25 heavy (non-hydrogen) atoms. The molecule has 0 aliphatic heterocycles. The van der Waals surface area contributed by atoms with Crippen molar-refractivity contribution in [1.82, 2.24) is 15.2 Å². The number of nitrogens with zero attached hydrogens (tertiary/aromatic N) is 2. The van der Waals surface area contributed by atoms with Gasteiger partial charge in [0.2, 0.25) is 0 Å². The lowest BCUT2D eigenvalue weighted by Gasteiger charge is -2.64. The van der Waals surface area contributed by atoms with Crippen molar-refractivity contribution in [2.45, 2.75) is 56.6 Å². The molecule has 1 amide bonds. The zero-order chi connectivity index (χ0) is 17.4. The number of primary amides is 1. The van der Waals surface area contributed by atoms with Gasteiger partial charge in [0.25, 0.3) is 5.91 Å². The lowest BCUT2D eigenvalue weighted by molar-refractivity contribution is -0.160. The average molecular weight is 341 g/mol. The molecule has 132 valence electrons. The van der Waals surface area contributed by atoms with Crippen molar-refractivity contribution < 1.29 is 9.90 Å². The Morgan fingerprint density at radius 3 is 2.88 bits per heavy atom. The molecule has 0 radical (unpaired) electrons. The molecule has 7 heteroatoms. The molecule has 4 aliphatic rings. The van der Waals surface area contributed by atoms with E-state index in [0.29, 0.717) is 23.7 Å². The molecule has 2 aromatic rings. The monoisotopic (exact) mass is 341 g/mol. The highest BCUT2D eigenvalue weighted by molar-refractivity contribution is 6.04. The van der Waals surface area contributed by atoms with Crippen molar-refractivity contribution >= 4 is 22.6 Å². The SMILES string of the molecule is C[C@@]12C[C@H]3CC(O)(C1)C[C@](Nc1c(C(N)=O)nnc4[nH]ccc14)(C3)C2. The summed E-state index contributed by atoms with van der Waals surface area (Å²) in [5.74, 6) is -0.0694. The quantitative estimate of drug-likeness (QED) is 0.681. The number of hydrogen-bond acceptors (Lipinski definition) is 5. The lowest BCUT2D eigenvalue weighted by Crippen LogP contribution is -2.65. The van der Waals surface area contributed by atoms with E-state index in [2.05, 4.69) is 27.4 Å². The summed E-state index contributed by atoms with van der Waals surface area (Å²) >= 11 is 0. The number of carbonyl (C=O) groups excluding carboxylic acids is 1. The number of rotatable bonds is 3. The van der Waals surface area contributed by atoms with Gasteiger partial charge in [-0.05, 0) is 55.9 Å². The molecule has 5 N–H and O–H groups in total. The van der Waals surface area contributed by atoms with Gasteiger partial charge in [0.1, 0.15) is 0 Å². The second-order valence-corrected chi connectivity index (χ2v) is 8.98. The molecule has 7 nitrogen and oxygen atoms in total. The number of nitrogens with two attached hydrogens (primary N) is 1. The third-order valence-corrected chi connectivity index (χ3v) is 6.42. The van der Waals surface area contributed by atoms with Gasteiger partial charge in [0.05, 0.1) is 11.3 Å². The fourth-order valence-corrected chi connectivity index (χ4v) is 6.49. The summed E-state index contributed by atoms with van der Waals surface area (Å²) in [7, 11) is 0. The van der Waals surface area contributed by atoms with Crippen LogP contribution in [-0.2, 0) is 0 Å². The van der Waals surface area contributed by atoms with Crippen LogP contribution >= 0.6 is 0 Å². The Morgan fingerprint density at radius 2 is 2.16 bits per heavy atom. The predicted molar refractivity (Wildman–Crippen MR) is 93.0 cm³/mol. The molecule has 4 atom stereocenters. The summed E-state index contributed by atoms with van der Waals surface area (Å²) in [5, 5.41) is 23.6. The third-order valence-electron chi connectivity index (χ3n) is 6.42. The lowest BCUT2D eigenvalue weighted by atomic mass is 9.46. The number of aromatic amines is 1. The number of H-pyrrole nitrogens is 1. The highest BCUT2D eigenvalue weighted by atomic mass is 16.3. The van der Waals surface area contributed by atoms with Gasteiger partial charge >= 0.3 is 0 Å². The van der Waals surface area contributed by atoms with Crippen molar-refractivity contribution in [3.05, 3.63) is 18.0 Å². The first-order valence-electron chi connectivity index (χ1n) is 8.93. The normalized spacial score (nSPS) is 39.0. The maximum atomic E-state index is 11.9. The highest BCUT2D eigenvalue weighted by Crippen LogP contribution is 2.63. The largest absolute Gasteiger partial charge is 0.390 e. The molecule has 1 unspecified atom stereocenters. The molecular formula is C18H23N5O2. The van der Waals surface area contributed by atoms with Crippen LogP contribution in [-0.4, -0.2) is 37.3 Å². The van der Waals surface area contributed by atoms with Crippen LogP contribution in [0.15, 0.2) is 12.3 Å². The Bertz CT molecular complexity index is 873. The van der Waals surface area contributed by atoms with E-state index in [9.17, 15) is 9.90 Å². The molecule has 6 rings (SSSR count). The van der Waals surface area contributed by atoms with Crippen molar-refractivity contribution in [3.8, 4) is 0 Å². The van der Waals surface area contributed by atoms with Gasteiger partial charge in [-0.3, -0.25) is 4.79 Å². The first-order chi connectivity index (χ1) is 11.8. The van der Waals surface area contributed by atoms with Gasteiger partial charge in [-0.2, -0.15) is 0 Å². The number of hydrogen-bond donors (Lipinski definition) is 4. The first kappa shape index (κ1) is 15.1. The van der Waals surface area contributed by atoms with Crippen LogP contribution in [0.25, 0.3) is 11.0 Å². The number of carbonyl (C=O) groups is 1. The number of anilines is 1. The van der Waals surface area contributed by atoms with E-state index in [-0.39, 0.29) is 16.6 Å². The van der Waals surface area contributed by atoms with Crippen molar-refractivity contribution in [1.29, 1.82) is 0 Å². The maximum absolute atomic E-state index is 11.9. The van der Waals surface area contributed by atoms with Crippen LogP contribution < -0.4 is 11.1 Å². The van der Waals surface area contributed by atoms with Crippen LogP contribution in [0.5, 0.6) is 0 Å². The number of amides is 1. The number of aromatic nitrogens is 3. The molecule has 2 heterocycles. The summed E-state index contributed by atoms with van der Waals surface area (Å²) in [5.41, 5.74) is 6.31. The number of nitrogens with one attached hydrogen (secondary N) is 2. The smallest absolute Gasteiger partial charge is 0.271 e. The minimum absolute atomic E-state index is 0.145.